The number of para-hydroxylation sites is 1. The average molecular weight is 441 g/mol. The Morgan fingerprint density at radius 3 is 2.50 bits per heavy atom. The van der Waals surface area contributed by atoms with E-state index in [1.54, 1.807) is 29.2 Å². The van der Waals surface area contributed by atoms with Gasteiger partial charge in [-0.1, -0.05) is 32.9 Å². The molecule has 0 bridgehead atoms. The van der Waals surface area contributed by atoms with Gasteiger partial charge in [0.15, 0.2) is 0 Å². The first-order valence-corrected chi connectivity index (χ1v) is 11.4. The maximum atomic E-state index is 13.3. The molecular weight excluding hydrogens is 408 g/mol. The first kappa shape index (κ1) is 22.3. The summed E-state index contributed by atoms with van der Waals surface area (Å²) in [6, 6.07) is 6.32. The largest absolute Gasteiger partial charge is 0.339 e. The Morgan fingerprint density at radius 1 is 1.12 bits per heavy atom. The maximum Gasteiger partial charge on any atom is 0.325 e. The van der Waals surface area contributed by atoms with Crippen LogP contribution in [0, 0.1) is 11.3 Å². The van der Waals surface area contributed by atoms with E-state index in [0.717, 1.165) is 24.2 Å². The van der Waals surface area contributed by atoms with Crippen LogP contribution in [0.5, 0.6) is 0 Å². The van der Waals surface area contributed by atoms with Gasteiger partial charge in [0.2, 0.25) is 5.91 Å². The van der Waals surface area contributed by atoms with E-state index in [1.165, 1.54) is 0 Å². The van der Waals surface area contributed by atoms with Crippen LogP contribution >= 0.6 is 0 Å². The standard InChI is InChI=1S/C24H32N4O4/c1-16-12-23(2,3)15-24(13-16)21(31)28(22(32)26-24)14-19(29)25-18-9-5-4-8-17(18)20(30)27-10-6-7-11-27/h4-5,8-9,16H,6-7,10-15H2,1-3H3,(H,25,29)(H,26,32). The lowest BCUT2D eigenvalue weighted by Gasteiger charge is -2.43. The number of imide groups is 1. The summed E-state index contributed by atoms with van der Waals surface area (Å²) >= 11 is 0. The third-order valence-electron chi connectivity index (χ3n) is 6.75. The number of anilines is 1. The number of carbonyl (C=O) groups is 4. The predicted octanol–water partition coefficient (Wildman–Crippen LogP) is 3.00. The van der Waals surface area contributed by atoms with Crippen molar-refractivity contribution in [1.29, 1.82) is 0 Å². The maximum absolute atomic E-state index is 13.3. The van der Waals surface area contributed by atoms with Crippen LogP contribution in [0.15, 0.2) is 24.3 Å². The fraction of sp³-hybridized carbons (Fsp3) is 0.583. The third kappa shape index (κ3) is 4.23. The molecule has 172 valence electrons. The van der Waals surface area contributed by atoms with Crippen molar-refractivity contribution < 1.29 is 19.2 Å². The number of hydrogen-bond acceptors (Lipinski definition) is 4. The summed E-state index contributed by atoms with van der Waals surface area (Å²) in [5, 5.41) is 5.63. The van der Waals surface area contributed by atoms with Crippen LogP contribution in [-0.4, -0.2) is 58.7 Å². The molecular formula is C24H32N4O4. The summed E-state index contributed by atoms with van der Waals surface area (Å²) < 4.78 is 0. The van der Waals surface area contributed by atoms with E-state index in [-0.39, 0.29) is 23.8 Å². The smallest absolute Gasteiger partial charge is 0.325 e. The third-order valence-corrected chi connectivity index (χ3v) is 6.75. The minimum atomic E-state index is -0.942. The zero-order valence-electron chi connectivity index (χ0n) is 19.1. The molecule has 2 N–H and O–H groups in total. The van der Waals surface area contributed by atoms with Gasteiger partial charge in [-0.3, -0.25) is 19.3 Å². The molecule has 8 heteroatoms. The van der Waals surface area contributed by atoms with Crippen LogP contribution in [-0.2, 0) is 9.59 Å². The monoisotopic (exact) mass is 440 g/mol. The number of likely N-dealkylation sites (tertiary alicyclic amines) is 1. The van der Waals surface area contributed by atoms with Gasteiger partial charge in [-0.15, -0.1) is 0 Å². The number of hydrogen-bond donors (Lipinski definition) is 2. The molecule has 1 spiro atoms. The van der Waals surface area contributed by atoms with Crippen molar-refractivity contribution in [1.82, 2.24) is 15.1 Å². The highest BCUT2D eigenvalue weighted by molar-refractivity contribution is 6.11. The lowest BCUT2D eigenvalue weighted by molar-refractivity contribution is -0.136. The minimum absolute atomic E-state index is 0.0756. The van der Waals surface area contributed by atoms with Gasteiger partial charge >= 0.3 is 6.03 Å². The van der Waals surface area contributed by atoms with Gasteiger partial charge in [-0.2, -0.15) is 0 Å². The molecule has 4 rings (SSSR count). The molecule has 2 heterocycles. The number of nitrogens with one attached hydrogen (secondary N) is 2. The lowest BCUT2D eigenvalue weighted by atomic mass is 9.64. The highest BCUT2D eigenvalue weighted by atomic mass is 16.2. The highest BCUT2D eigenvalue weighted by Gasteiger charge is 2.56. The number of amides is 5. The van der Waals surface area contributed by atoms with Crippen LogP contribution in [0.1, 0.15) is 63.2 Å². The summed E-state index contributed by atoms with van der Waals surface area (Å²) in [6.07, 6.45) is 4.07. The molecule has 0 radical (unpaired) electrons. The van der Waals surface area contributed by atoms with Crippen molar-refractivity contribution in [2.24, 2.45) is 11.3 Å². The quantitative estimate of drug-likeness (QED) is 0.703. The predicted molar refractivity (Wildman–Crippen MR) is 120 cm³/mol. The number of urea groups is 1. The Hall–Kier alpha value is -2.90. The average Bonchev–Trinajstić information content (AvgIpc) is 3.30. The molecule has 32 heavy (non-hydrogen) atoms. The van der Waals surface area contributed by atoms with Gasteiger partial charge in [-0.05, 0) is 55.6 Å². The van der Waals surface area contributed by atoms with Gasteiger partial charge in [0.1, 0.15) is 12.1 Å². The number of carbonyl (C=O) groups excluding carboxylic acids is 4. The van der Waals surface area contributed by atoms with Crippen molar-refractivity contribution >= 4 is 29.4 Å². The summed E-state index contributed by atoms with van der Waals surface area (Å²) in [5.74, 6) is -0.667. The molecule has 1 aromatic carbocycles. The summed E-state index contributed by atoms with van der Waals surface area (Å²) in [7, 11) is 0. The Bertz CT molecular complexity index is 953. The fourth-order valence-corrected chi connectivity index (χ4v) is 5.85. The topological polar surface area (TPSA) is 98.8 Å². The molecule has 3 aliphatic rings. The van der Waals surface area contributed by atoms with Gasteiger partial charge in [0.25, 0.3) is 11.8 Å². The number of benzene rings is 1. The molecule has 2 saturated heterocycles. The molecule has 1 aliphatic carbocycles. The number of nitrogens with zero attached hydrogens (tertiary/aromatic N) is 2. The number of rotatable bonds is 4. The van der Waals surface area contributed by atoms with Crippen molar-refractivity contribution in [2.75, 3.05) is 25.0 Å². The first-order chi connectivity index (χ1) is 15.1. The summed E-state index contributed by atoms with van der Waals surface area (Å²) in [6.45, 7) is 7.33. The van der Waals surface area contributed by atoms with Gasteiger partial charge < -0.3 is 15.5 Å². The molecule has 2 atom stereocenters. The fourth-order valence-electron chi connectivity index (χ4n) is 5.85. The molecule has 5 amide bonds. The molecule has 8 nitrogen and oxygen atoms in total. The lowest BCUT2D eigenvalue weighted by Crippen LogP contribution is -2.54. The van der Waals surface area contributed by atoms with E-state index >= 15 is 0 Å². The molecule has 1 aromatic rings. The van der Waals surface area contributed by atoms with E-state index in [1.807, 2.05) is 0 Å². The zero-order valence-corrected chi connectivity index (χ0v) is 19.1. The Kier molecular flexibility index (Phi) is 5.73. The Morgan fingerprint density at radius 2 is 1.81 bits per heavy atom. The van der Waals surface area contributed by atoms with E-state index in [9.17, 15) is 19.2 Å². The molecule has 2 aliphatic heterocycles. The zero-order chi connectivity index (χ0) is 23.1. The Balaban J connectivity index is 1.47. The summed E-state index contributed by atoms with van der Waals surface area (Å²) in [4.78, 5) is 54.4. The van der Waals surface area contributed by atoms with Crippen LogP contribution in [0.3, 0.4) is 0 Å². The van der Waals surface area contributed by atoms with E-state index < -0.39 is 17.5 Å². The van der Waals surface area contributed by atoms with E-state index in [0.29, 0.717) is 43.1 Å². The van der Waals surface area contributed by atoms with E-state index in [2.05, 4.69) is 31.4 Å². The van der Waals surface area contributed by atoms with Crippen LogP contribution in [0.25, 0.3) is 0 Å². The Labute approximate surface area is 188 Å². The molecule has 0 aromatic heterocycles. The molecule has 2 unspecified atom stereocenters. The van der Waals surface area contributed by atoms with E-state index in [4.69, 9.17) is 0 Å². The van der Waals surface area contributed by atoms with Gasteiger partial charge in [0, 0.05) is 13.1 Å². The normalized spacial score (nSPS) is 27.0. The summed E-state index contributed by atoms with van der Waals surface area (Å²) in [5.41, 5.74) is -0.210. The van der Waals surface area contributed by atoms with Crippen molar-refractivity contribution in [3.8, 4) is 0 Å². The second-order valence-corrected chi connectivity index (χ2v) is 10.4. The van der Waals surface area contributed by atoms with Crippen LogP contribution in [0.4, 0.5) is 10.5 Å². The highest BCUT2D eigenvalue weighted by Crippen LogP contribution is 2.46. The van der Waals surface area contributed by atoms with Gasteiger partial charge in [-0.25, -0.2) is 4.79 Å². The molecule has 3 fully saturated rings. The van der Waals surface area contributed by atoms with Crippen molar-refractivity contribution in [2.45, 2.75) is 58.4 Å². The molecule has 1 saturated carbocycles. The van der Waals surface area contributed by atoms with Crippen molar-refractivity contribution in [3.63, 3.8) is 0 Å². The van der Waals surface area contributed by atoms with Crippen LogP contribution < -0.4 is 10.6 Å². The van der Waals surface area contributed by atoms with Crippen molar-refractivity contribution in [3.05, 3.63) is 29.8 Å². The van der Waals surface area contributed by atoms with Gasteiger partial charge in [0.05, 0.1) is 11.3 Å². The second kappa shape index (κ2) is 8.22. The first-order valence-electron chi connectivity index (χ1n) is 11.4. The minimum Gasteiger partial charge on any atom is -0.339 e. The van der Waals surface area contributed by atoms with Crippen LogP contribution in [0.2, 0.25) is 0 Å². The SMILES string of the molecule is CC1CC(C)(C)CC2(C1)NC(=O)N(CC(=O)Nc1ccccc1C(=O)N1CCCC1)C2=O. The second-order valence-electron chi connectivity index (χ2n) is 10.4.